The minimum absolute atomic E-state index is 0.213. The molecule has 168 valence electrons. The molecular formula is C25H22N2O6. The van der Waals surface area contributed by atoms with Gasteiger partial charge in [0.05, 0.1) is 21.8 Å². The number of phenols is 6. The summed E-state index contributed by atoms with van der Waals surface area (Å²) in [6.07, 6.45) is 3.71. The number of hydrogen-bond donors (Lipinski definition) is 6. The molecule has 0 saturated heterocycles. The van der Waals surface area contributed by atoms with Crippen molar-refractivity contribution in [2.75, 3.05) is 12.1 Å². The molecule has 1 unspecified atom stereocenters. The van der Waals surface area contributed by atoms with Crippen molar-refractivity contribution >= 4 is 23.1 Å². The van der Waals surface area contributed by atoms with E-state index in [1.165, 1.54) is 30.3 Å². The van der Waals surface area contributed by atoms with Crippen LogP contribution < -0.4 is 15.6 Å². The predicted molar refractivity (Wildman–Crippen MR) is 124 cm³/mol. The van der Waals surface area contributed by atoms with Gasteiger partial charge < -0.3 is 35.6 Å². The lowest BCUT2D eigenvalue weighted by Gasteiger charge is -2.35. The molecule has 6 N–H and O–H groups in total. The maximum absolute atomic E-state index is 10.7. The molecule has 0 spiro atoms. The molecule has 5 rings (SSSR count). The van der Waals surface area contributed by atoms with E-state index >= 15 is 0 Å². The van der Waals surface area contributed by atoms with Gasteiger partial charge in [-0.3, -0.25) is 4.68 Å². The van der Waals surface area contributed by atoms with E-state index in [9.17, 15) is 30.6 Å². The van der Waals surface area contributed by atoms with Gasteiger partial charge in [-0.05, 0) is 66.6 Å². The largest absolute Gasteiger partial charge is 0.504 e. The Morgan fingerprint density at radius 2 is 1.39 bits per heavy atom. The molecule has 2 heterocycles. The van der Waals surface area contributed by atoms with Crippen LogP contribution in [0.1, 0.15) is 18.1 Å². The minimum atomic E-state index is -0.720. The minimum Gasteiger partial charge on any atom is -0.504 e. The number of nitrogens with zero attached hydrogens (tertiary/aromatic N) is 2. The Morgan fingerprint density at radius 3 is 2.06 bits per heavy atom. The van der Waals surface area contributed by atoms with Crippen molar-refractivity contribution in [2.45, 2.75) is 12.5 Å². The third-order valence-electron chi connectivity index (χ3n) is 6.40. The third kappa shape index (κ3) is 2.84. The first-order valence-corrected chi connectivity index (χ1v) is 10.2. The lowest BCUT2D eigenvalue weighted by molar-refractivity contribution is 0.401. The van der Waals surface area contributed by atoms with Crippen LogP contribution in [0.3, 0.4) is 0 Å². The van der Waals surface area contributed by atoms with Crippen molar-refractivity contribution in [1.82, 2.24) is 4.68 Å². The Hall–Kier alpha value is -4.46. The summed E-state index contributed by atoms with van der Waals surface area (Å²) in [4.78, 5) is 0. The molecular weight excluding hydrogens is 424 g/mol. The van der Waals surface area contributed by atoms with Crippen molar-refractivity contribution < 1.29 is 30.6 Å². The molecule has 0 saturated carbocycles. The van der Waals surface area contributed by atoms with Gasteiger partial charge in [0, 0.05) is 12.3 Å². The lowest BCUT2D eigenvalue weighted by atomic mass is 9.91. The van der Waals surface area contributed by atoms with Gasteiger partial charge >= 0.3 is 0 Å². The van der Waals surface area contributed by atoms with Crippen molar-refractivity contribution in [3.05, 3.63) is 70.2 Å². The molecule has 1 aliphatic rings. The van der Waals surface area contributed by atoms with E-state index < -0.39 is 5.54 Å². The smallest absolute Gasteiger partial charge is 0.167 e. The summed E-state index contributed by atoms with van der Waals surface area (Å²) in [5.74, 6) is -1.49. The third-order valence-corrected chi connectivity index (χ3v) is 6.40. The summed E-state index contributed by atoms with van der Waals surface area (Å²) in [7, 11) is 1.86. The Labute approximate surface area is 188 Å². The fourth-order valence-electron chi connectivity index (χ4n) is 4.46. The first-order valence-electron chi connectivity index (χ1n) is 10.2. The van der Waals surface area contributed by atoms with E-state index in [1.54, 1.807) is 24.3 Å². The van der Waals surface area contributed by atoms with Crippen LogP contribution in [-0.2, 0) is 5.54 Å². The van der Waals surface area contributed by atoms with Crippen LogP contribution in [0, 0.1) is 0 Å². The number of hydrogen-bond acceptors (Lipinski definition) is 7. The summed E-state index contributed by atoms with van der Waals surface area (Å²) < 4.78 is 1.89. The van der Waals surface area contributed by atoms with Gasteiger partial charge in [0.2, 0.25) is 0 Å². The number of rotatable bonds is 2. The van der Waals surface area contributed by atoms with Gasteiger partial charge in [0.1, 0.15) is 0 Å². The molecule has 8 nitrogen and oxygen atoms in total. The van der Waals surface area contributed by atoms with Crippen LogP contribution in [0.2, 0.25) is 0 Å². The molecule has 3 aromatic carbocycles. The summed E-state index contributed by atoms with van der Waals surface area (Å²) in [5, 5.41) is 63.9. The maximum Gasteiger partial charge on any atom is 0.167 e. The lowest BCUT2D eigenvalue weighted by Crippen LogP contribution is -2.44. The summed E-state index contributed by atoms with van der Waals surface area (Å²) in [6.45, 7) is 1.95. The van der Waals surface area contributed by atoms with Crippen LogP contribution in [0.15, 0.2) is 48.5 Å². The zero-order chi connectivity index (χ0) is 23.7. The molecule has 4 aromatic rings. The number of fused-ring (bicyclic) bond motifs is 3. The Morgan fingerprint density at radius 1 is 0.758 bits per heavy atom. The summed E-state index contributed by atoms with van der Waals surface area (Å²) >= 11 is 0. The second-order valence-corrected chi connectivity index (χ2v) is 8.35. The van der Waals surface area contributed by atoms with Crippen LogP contribution in [0.25, 0.3) is 23.1 Å². The molecule has 1 aromatic heterocycles. The van der Waals surface area contributed by atoms with E-state index in [-0.39, 0.29) is 34.5 Å². The van der Waals surface area contributed by atoms with Crippen LogP contribution in [0.5, 0.6) is 34.5 Å². The molecule has 8 heteroatoms. The van der Waals surface area contributed by atoms with E-state index in [0.29, 0.717) is 21.7 Å². The number of benzene rings is 3. The molecule has 1 aliphatic heterocycles. The van der Waals surface area contributed by atoms with Gasteiger partial charge in [-0.25, -0.2) is 0 Å². The standard InChI is InChI=1S/C25H22N2O6/c1-25(14-4-7-19(29)22(32)11-14)12-17-15(9-13-3-6-18(28)21(31)10-13)23-16(27(17)26(25)2)5-8-20(30)24(23)33/h3-12,28-33H,1-2H3/b15-9+. The second kappa shape index (κ2) is 6.77. The zero-order valence-corrected chi connectivity index (χ0v) is 17.9. The zero-order valence-electron chi connectivity index (χ0n) is 17.9. The topological polar surface area (TPSA) is 130 Å². The fourth-order valence-corrected chi connectivity index (χ4v) is 4.46. The van der Waals surface area contributed by atoms with Crippen molar-refractivity contribution in [1.29, 1.82) is 0 Å². The second-order valence-electron chi connectivity index (χ2n) is 8.35. The van der Waals surface area contributed by atoms with Gasteiger partial charge in [-0.15, -0.1) is 0 Å². The molecule has 0 bridgehead atoms. The number of aromatic nitrogens is 1. The molecule has 1 atom stereocenters. The molecule has 0 radical (unpaired) electrons. The average molecular weight is 446 g/mol. The summed E-state index contributed by atoms with van der Waals surface area (Å²) in [5.41, 5.74) is 1.23. The van der Waals surface area contributed by atoms with E-state index in [1.807, 2.05) is 29.7 Å². The fraction of sp³-hybridized carbons (Fsp3) is 0.120. The van der Waals surface area contributed by atoms with E-state index in [0.717, 1.165) is 10.9 Å². The monoisotopic (exact) mass is 446 g/mol. The van der Waals surface area contributed by atoms with Crippen molar-refractivity contribution in [3.8, 4) is 34.5 Å². The van der Waals surface area contributed by atoms with Crippen molar-refractivity contribution in [3.63, 3.8) is 0 Å². The average Bonchev–Trinajstić information content (AvgIpc) is 3.22. The van der Waals surface area contributed by atoms with E-state index in [4.69, 9.17) is 0 Å². The van der Waals surface area contributed by atoms with Gasteiger partial charge in [-0.2, -0.15) is 0 Å². The normalized spacial score (nSPS) is 18.0. The summed E-state index contributed by atoms with van der Waals surface area (Å²) in [6, 6.07) is 12.2. The highest BCUT2D eigenvalue weighted by molar-refractivity contribution is 5.92. The van der Waals surface area contributed by atoms with E-state index in [2.05, 4.69) is 0 Å². The molecule has 0 amide bonds. The van der Waals surface area contributed by atoms with Crippen LogP contribution >= 0.6 is 0 Å². The van der Waals surface area contributed by atoms with Crippen LogP contribution in [0.4, 0.5) is 0 Å². The van der Waals surface area contributed by atoms with Crippen molar-refractivity contribution in [2.24, 2.45) is 0 Å². The molecule has 33 heavy (non-hydrogen) atoms. The Bertz CT molecular complexity index is 1570. The highest BCUT2D eigenvalue weighted by Gasteiger charge is 2.37. The molecule has 0 fully saturated rings. The SMILES string of the molecule is CN1n2c(/c(=C\c3ccc(O)c(O)c3)c3c(O)c(O)ccc32)=CC1(C)c1ccc(O)c(O)c1. The Balaban J connectivity index is 1.87. The first kappa shape index (κ1) is 20.4. The first-order chi connectivity index (χ1) is 15.6. The Kier molecular flexibility index (Phi) is 4.19. The maximum atomic E-state index is 10.7. The highest BCUT2D eigenvalue weighted by Crippen LogP contribution is 2.38. The van der Waals surface area contributed by atoms with Gasteiger partial charge in [0.25, 0.3) is 0 Å². The quantitative estimate of drug-likeness (QED) is 0.260. The van der Waals surface area contributed by atoms with Gasteiger partial charge in [-0.1, -0.05) is 12.1 Å². The predicted octanol–water partition coefficient (Wildman–Crippen LogP) is 1.98. The number of aromatic hydroxyl groups is 6. The highest BCUT2D eigenvalue weighted by atomic mass is 16.3. The number of phenolic OH excluding ortho intramolecular Hbond substituents is 6. The van der Waals surface area contributed by atoms with Crippen LogP contribution in [-0.4, -0.2) is 42.4 Å². The molecule has 0 aliphatic carbocycles. The van der Waals surface area contributed by atoms with Gasteiger partial charge in [0.15, 0.2) is 34.5 Å².